The highest BCUT2D eigenvalue weighted by molar-refractivity contribution is 7.80. The van der Waals surface area contributed by atoms with Gasteiger partial charge in [0.2, 0.25) is 0 Å². The molecule has 0 aromatic carbocycles. The molecule has 3 rings (SSSR count). The van der Waals surface area contributed by atoms with Crippen LogP contribution in [-0.2, 0) is 0 Å². The van der Waals surface area contributed by atoms with E-state index >= 15 is 0 Å². The van der Waals surface area contributed by atoms with Crippen molar-refractivity contribution in [2.45, 2.75) is 38.6 Å². The molecule has 4 nitrogen and oxygen atoms in total. The predicted molar refractivity (Wildman–Crippen MR) is 90.9 cm³/mol. The highest BCUT2D eigenvalue weighted by atomic mass is 32.1. The van der Waals surface area contributed by atoms with Gasteiger partial charge < -0.3 is 10.6 Å². The highest BCUT2D eigenvalue weighted by Gasteiger charge is 2.30. The van der Waals surface area contributed by atoms with Crippen LogP contribution in [0.4, 0.5) is 5.82 Å². The van der Waals surface area contributed by atoms with Gasteiger partial charge in [0.05, 0.1) is 5.56 Å². The van der Waals surface area contributed by atoms with E-state index in [1.165, 1.54) is 38.8 Å². The van der Waals surface area contributed by atoms with Crippen LogP contribution in [0.5, 0.6) is 0 Å². The number of hydrogen-bond donors (Lipinski definition) is 1. The normalized spacial score (nSPS) is 23.5. The Kier molecular flexibility index (Phi) is 4.40. The summed E-state index contributed by atoms with van der Waals surface area (Å²) in [6.45, 7) is 6.65. The zero-order valence-electron chi connectivity index (χ0n) is 12.7. The van der Waals surface area contributed by atoms with E-state index in [0.29, 0.717) is 11.0 Å². The molecule has 3 heterocycles. The van der Waals surface area contributed by atoms with Crippen LogP contribution >= 0.6 is 12.2 Å². The molecular weight excluding hydrogens is 280 g/mol. The number of nitrogens with two attached hydrogens (primary N) is 1. The number of aryl methyl sites for hydroxylation is 1. The summed E-state index contributed by atoms with van der Waals surface area (Å²) in [5.74, 6) is 0.974. The van der Waals surface area contributed by atoms with Crippen molar-refractivity contribution in [1.82, 2.24) is 9.88 Å². The Bertz CT molecular complexity index is 525. The second-order valence-corrected chi connectivity index (χ2v) is 6.62. The van der Waals surface area contributed by atoms with E-state index in [1.54, 1.807) is 0 Å². The molecule has 0 radical (unpaired) electrons. The molecule has 1 unspecified atom stereocenters. The SMILES string of the molecule is Cc1ccnc(N2CCC(N3CCCCC3)C2)c1C(N)=S. The number of rotatable bonds is 3. The lowest BCUT2D eigenvalue weighted by Crippen LogP contribution is -2.41. The number of aromatic nitrogens is 1. The zero-order valence-corrected chi connectivity index (χ0v) is 13.5. The van der Waals surface area contributed by atoms with Crippen LogP contribution in [0.1, 0.15) is 36.8 Å². The summed E-state index contributed by atoms with van der Waals surface area (Å²) in [6.07, 6.45) is 7.15. The van der Waals surface area contributed by atoms with Gasteiger partial charge in [0.15, 0.2) is 0 Å². The van der Waals surface area contributed by atoms with E-state index in [1.807, 2.05) is 12.3 Å². The molecule has 2 aliphatic rings. The maximum absolute atomic E-state index is 5.91. The molecule has 0 spiro atoms. The average molecular weight is 304 g/mol. The standard InChI is InChI=1S/C16H24N4S/c1-12-5-7-18-16(14(12)15(17)21)20-10-6-13(11-20)19-8-3-2-4-9-19/h5,7,13H,2-4,6,8-11H2,1H3,(H2,17,21). The molecule has 0 saturated carbocycles. The molecule has 5 heteroatoms. The van der Waals surface area contributed by atoms with Crippen molar-refractivity contribution in [3.05, 3.63) is 23.4 Å². The average Bonchev–Trinajstić information content (AvgIpc) is 2.97. The summed E-state index contributed by atoms with van der Waals surface area (Å²) in [6, 6.07) is 2.64. The van der Waals surface area contributed by atoms with E-state index in [0.717, 1.165) is 30.0 Å². The number of likely N-dealkylation sites (tertiary alicyclic amines) is 1. The first-order valence-electron chi connectivity index (χ1n) is 7.91. The summed E-state index contributed by atoms with van der Waals surface area (Å²) in [5, 5.41) is 0. The molecule has 2 fully saturated rings. The van der Waals surface area contributed by atoms with Crippen LogP contribution in [-0.4, -0.2) is 47.1 Å². The van der Waals surface area contributed by atoms with Gasteiger partial charge in [-0.25, -0.2) is 4.98 Å². The number of thiocarbonyl (C=S) groups is 1. The first kappa shape index (κ1) is 14.7. The largest absolute Gasteiger partial charge is 0.389 e. The van der Waals surface area contributed by atoms with Crippen molar-refractivity contribution in [3.63, 3.8) is 0 Å². The van der Waals surface area contributed by atoms with E-state index in [2.05, 4.69) is 21.7 Å². The number of hydrogen-bond acceptors (Lipinski definition) is 4. The van der Waals surface area contributed by atoms with Crippen molar-refractivity contribution in [3.8, 4) is 0 Å². The third kappa shape index (κ3) is 3.04. The molecule has 114 valence electrons. The summed E-state index contributed by atoms with van der Waals surface area (Å²) >= 11 is 5.23. The monoisotopic (exact) mass is 304 g/mol. The minimum absolute atomic E-state index is 0.456. The van der Waals surface area contributed by atoms with Gasteiger partial charge in [-0.1, -0.05) is 18.6 Å². The smallest absolute Gasteiger partial charge is 0.139 e. The molecule has 21 heavy (non-hydrogen) atoms. The van der Waals surface area contributed by atoms with Crippen LogP contribution < -0.4 is 10.6 Å². The van der Waals surface area contributed by atoms with Crippen LogP contribution in [0.15, 0.2) is 12.3 Å². The lowest BCUT2D eigenvalue weighted by atomic mass is 10.1. The molecule has 2 N–H and O–H groups in total. The Morgan fingerprint density at radius 3 is 2.76 bits per heavy atom. The lowest BCUT2D eigenvalue weighted by molar-refractivity contribution is 0.175. The molecule has 2 saturated heterocycles. The topological polar surface area (TPSA) is 45.4 Å². The van der Waals surface area contributed by atoms with Gasteiger partial charge in [-0.2, -0.15) is 0 Å². The molecule has 1 aromatic heterocycles. The van der Waals surface area contributed by atoms with Gasteiger partial charge in [-0.05, 0) is 50.9 Å². The number of pyridine rings is 1. The fourth-order valence-corrected chi connectivity index (χ4v) is 3.86. The fraction of sp³-hybridized carbons (Fsp3) is 0.625. The summed E-state index contributed by atoms with van der Waals surface area (Å²) in [5.41, 5.74) is 7.98. The third-order valence-electron chi connectivity index (χ3n) is 4.76. The van der Waals surface area contributed by atoms with Crippen LogP contribution in [0.3, 0.4) is 0 Å². The van der Waals surface area contributed by atoms with E-state index < -0.39 is 0 Å². The van der Waals surface area contributed by atoms with Crippen molar-refractivity contribution in [2.24, 2.45) is 5.73 Å². The summed E-state index contributed by atoms with van der Waals surface area (Å²) in [4.78, 5) is 10.0. The van der Waals surface area contributed by atoms with Gasteiger partial charge in [-0.3, -0.25) is 4.90 Å². The molecule has 0 aliphatic carbocycles. The second-order valence-electron chi connectivity index (χ2n) is 6.18. The van der Waals surface area contributed by atoms with Crippen molar-refractivity contribution in [1.29, 1.82) is 0 Å². The maximum atomic E-state index is 5.91. The number of anilines is 1. The Labute approximate surface area is 132 Å². The Balaban J connectivity index is 1.77. The van der Waals surface area contributed by atoms with Crippen molar-refractivity contribution < 1.29 is 0 Å². The van der Waals surface area contributed by atoms with Gasteiger partial charge in [-0.15, -0.1) is 0 Å². The molecule has 1 atom stereocenters. The van der Waals surface area contributed by atoms with E-state index in [4.69, 9.17) is 18.0 Å². The third-order valence-corrected chi connectivity index (χ3v) is 4.96. The molecule has 0 amide bonds. The fourth-order valence-electron chi connectivity index (χ4n) is 3.60. The van der Waals surface area contributed by atoms with Crippen LogP contribution in [0.25, 0.3) is 0 Å². The van der Waals surface area contributed by atoms with Gasteiger partial charge in [0.25, 0.3) is 0 Å². The van der Waals surface area contributed by atoms with E-state index in [-0.39, 0.29) is 0 Å². The van der Waals surface area contributed by atoms with Crippen LogP contribution in [0, 0.1) is 6.92 Å². The summed E-state index contributed by atoms with van der Waals surface area (Å²) < 4.78 is 0. The minimum atomic E-state index is 0.456. The quantitative estimate of drug-likeness (QED) is 0.866. The van der Waals surface area contributed by atoms with Gasteiger partial charge in [0, 0.05) is 25.3 Å². The van der Waals surface area contributed by atoms with E-state index in [9.17, 15) is 0 Å². The Morgan fingerprint density at radius 2 is 2.05 bits per heavy atom. The maximum Gasteiger partial charge on any atom is 0.139 e. The molecular formula is C16H24N4S. The predicted octanol–water partition coefficient (Wildman–Crippen LogP) is 2.09. The Hall–Kier alpha value is -1.20. The summed E-state index contributed by atoms with van der Waals surface area (Å²) in [7, 11) is 0. The first-order valence-corrected chi connectivity index (χ1v) is 8.32. The van der Waals surface area contributed by atoms with Crippen molar-refractivity contribution >= 4 is 23.0 Å². The second kappa shape index (κ2) is 6.28. The number of piperidine rings is 1. The molecule has 1 aromatic rings. The number of nitrogens with zero attached hydrogens (tertiary/aromatic N) is 3. The van der Waals surface area contributed by atoms with Gasteiger partial charge in [0.1, 0.15) is 10.8 Å². The molecule has 2 aliphatic heterocycles. The highest BCUT2D eigenvalue weighted by Crippen LogP contribution is 2.27. The zero-order chi connectivity index (χ0) is 14.8. The first-order chi connectivity index (χ1) is 10.2. The molecule has 0 bridgehead atoms. The minimum Gasteiger partial charge on any atom is -0.389 e. The lowest BCUT2D eigenvalue weighted by Gasteiger charge is -2.32. The van der Waals surface area contributed by atoms with Crippen molar-refractivity contribution in [2.75, 3.05) is 31.1 Å². The Morgan fingerprint density at radius 1 is 1.29 bits per heavy atom. The van der Waals surface area contributed by atoms with Gasteiger partial charge >= 0.3 is 0 Å². The van der Waals surface area contributed by atoms with Crippen LogP contribution in [0.2, 0.25) is 0 Å².